The second kappa shape index (κ2) is 6.83. The Morgan fingerprint density at radius 3 is 2.71 bits per heavy atom. The first-order chi connectivity index (χ1) is 10.1. The summed E-state index contributed by atoms with van der Waals surface area (Å²) in [6.45, 7) is 2.77. The summed E-state index contributed by atoms with van der Waals surface area (Å²) in [6.07, 6.45) is 1.48. The standard InChI is InChI=1S/C16H17FN2O2/c1-3-19(11-12-5-4-6-14(17)9-12)16(20)13-7-8-15(21-2)18-10-13/h4-10H,3,11H2,1-2H3. The van der Waals surface area contributed by atoms with Gasteiger partial charge in [0.25, 0.3) is 5.91 Å². The van der Waals surface area contributed by atoms with Crippen molar-refractivity contribution in [2.45, 2.75) is 13.5 Å². The molecule has 1 heterocycles. The van der Waals surface area contributed by atoms with Gasteiger partial charge in [0.05, 0.1) is 12.7 Å². The first-order valence-electron chi connectivity index (χ1n) is 6.67. The fourth-order valence-corrected chi connectivity index (χ4v) is 1.99. The molecule has 0 aliphatic rings. The lowest BCUT2D eigenvalue weighted by atomic mass is 10.2. The SMILES string of the molecule is CCN(Cc1cccc(F)c1)C(=O)c1ccc(OC)nc1. The third kappa shape index (κ3) is 3.78. The normalized spacial score (nSPS) is 10.2. The summed E-state index contributed by atoms with van der Waals surface area (Å²) < 4.78 is 18.2. The van der Waals surface area contributed by atoms with Crippen molar-refractivity contribution in [2.75, 3.05) is 13.7 Å². The maximum atomic E-state index is 13.2. The average Bonchev–Trinajstić information content (AvgIpc) is 2.52. The lowest BCUT2D eigenvalue weighted by Crippen LogP contribution is -2.30. The van der Waals surface area contributed by atoms with Gasteiger partial charge in [-0.05, 0) is 30.7 Å². The zero-order chi connectivity index (χ0) is 15.2. The molecule has 0 atom stereocenters. The predicted octanol–water partition coefficient (Wildman–Crippen LogP) is 2.89. The molecule has 0 aliphatic carbocycles. The van der Waals surface area contributed by atoms with Gasteiger partial charge in [0.2, 0.25) is 5.88 Å². The van der Waals surface area contributed by atoms with Crippen molar-refractivity contribution < 1.29 is 13.9 Å². The van der Waals surface area contributed by atoms with E-state index in [9.17, 15) is 9.18 Å². The maximum absolute atomic E-state index is 13.2. The van der Waals surface area contributed by atoms with E-state index in [1.165, 1.54) is 25.4 Å². The summed E-state index contributed by atoms with van der Waals surface area (Å²) in [7, 11) is 1.52. The van der Waals surface area contributed by atoms with Crippen LogP contribution in [0.1, 0.15) is 22.8 Å². The van der Waals surface area contributed by atoms with Crippen LogP contribution in [0.4, 0.5) is 4.39 Å². The number of hydrogen-bond donors (Lipinski definition) is 0. The molecule has 2 aromatic rings. The Kier molecular flexibility index (Phi) is 4.87. The first kappa shape index (κ1) is 15.0. The van der Waals surface area contributed by atoms with Crippen molar-refractivity contribution in [1.82, 2.24) is 9.88 Å². The molecule has 0 radical (unpaired) electrons. The van der Waals surface area contributed by atoms with E-state index >= 15 is 0 Å². The fraction of sp³-hybridized carbons (Fsp3) is 0.250. The molecular formula is C16H17FN2O2. The van der Waals surface area contributed by atoms with Crippen molar-refractivity contribution in [2.24, 2.45) is 0 Å². The van der Waals surface area contributed by atoms with Crippen molar-refractivity contribution in [3.63, 3.8) is 0 Å². The molecule has 0 aliphatic heterocycles. The predicted molar refractivity (Wildman–Crippen MR) is 77.6 cm³/mol. The topological polar surface area (TPSA) is 42.4 Å². The molecule has 0 saturated carbocycles. The molecule has 0 saturated heterocycles. The quantitative estimate of drug-likeness (QED) is 0.849. The lowest BCUT2D eigenvalue weighted by Gasteiger charge is -2.21. The summed E-state index contributed by atoms with van der Waals surface area (Å²) in [5.74, 6) is 0.0127. The first-order valence-corrected chi connectivity index (χ1v) is 6.67. The molecule has 0 bridgehead atoms. The number of benzene rings is 1. The van der Waals surface area contributed by atoms with Gasteiger partial charge in [-0.3, -0.25) is 4.79 Å². The van der Waals surface area contributed by atoms with Gasteiger partial charge in [0.15, 0.2) is 0 Å². The van der Waals surface area contributed by atoms with Crippen molar-refractivity contribution in [3.05, 3.63) is 59.5 Å². The molecule has 0 spiro atoms. The third-order valence-electron chi connectivity index (χ3n) is 3.12. The molecular weight excluding hydrogens is 271 g/mol. The number of hydrogen-bond acceptors (Lipinski definition) is 3. The summed E-state index contributed by atoms with van der Waals surface area (Å²) in [5.41, 5.74) is 1.24. The molecule has 21 heavy (non-hydrogen) atoms. The van der Waals surface area contributed by atoms with Crippen LogP contribution in [0.3, 0.4) is 0 Å². The highest BCUT2D eigenvalue weighted by Gasteiger charge is 2.15. The van der Waals surface area contributed by atoms with E-state index in [0.717, 1.165) is 5.56 Å². The van der Waals surface area contributed by atoms with Gasteiger partial charge >= 0.3 is 0 Å². The van der Waals surface area contributed by atoms with Crippen LogP contribution in [0.15, 0.2) is 42.6 Å². The largest absolute Gasteiger partial charge is 0.481 e. The number of ether oxygens (including phenoxy) is 1. The number of methoxy groups -OCH3 is 1. The second-order valence-corrected chi connectivity index (χ2v) is 4.54. The number of aromatic nitrogens is 1. The number of pyridine rings is 1. The lowest BCUT2D eigenvalue weighted by molar-refractivity contribution is 0.0752. The minimum absolute atomic E-state index is 0.142. The van der Waals surface area contributed by atoms with Crippen LogP contribution in [0.25, 0.3) is 0 Å². The summed E-state index contributed by atoms with van der Waals surface area (Å²) >= 11 is 0. The van der Waals surface area contributed by atoms with E-state index in [4.69, 9.17) is 4.74 Å². The van der Waals surface area contributed by atoms with Gasteiger partial charge in [-0.1, -0.05) is 12.1 Å². The maximum Gasteiger partial charge on any atom is 0.255 e. The summed E-state index contributed by atoms with van der Waals surface area (Å²) in [4.78, 5) is 18.1. The molecule has 2 rings (SSSR count). The molecule has 1 aromatic heterocycles. The monoisotopic (exact) mass is 288 g/mol. The Balaban J connectivity index is 2.14. The van der Waals surface area contributed by atoms with Crippen molar-refractivity contribution >= 4 is 5.91 Å². The molecule has 0 unspecified atom stereocenters. The molecule has 110 valence electrons. The van der Waals surface area contributed by atoms with Crippen molar-refractivity contribution in [3.8, 4) is 5.88 Å². The smallest absolute Gasteiger partial charge is 0.255 e. The number of nitrogens with zero attached hydrogens (tertiary/aromatic N) is 2. The molecule has 1 aromatic carbocycles. The van der Waals surface area contributed by atoms with E-state index in [1.54, 1.807) is 29.2 Å². The van der Waals surface area contributed by atoms with Gasteiger partial charge in [-0.25, -0.2) is 9.37 Å². The van der Waals surface area contributed by atoms with E-state index < -0.39 is 0 Å². The number of rotatable bonds is 5. The highest BCUT2D eigenvalue weighted by molar-refractivity contribution is 5.93. The fourth-order valence-electron chi connectivity index (χ4n) is 1.99. The van der Waals surface area contributed by atoms with Crippen molar-refractivity contribution in [1.29, 1.82) is 0 Å². The van der Waals surface area contributed by atoms with Gasteiger partial charge in [0.1, 0.15) is 5.82 Å². The van der Waals surface area contributed by atoms with E-state index in [2.05, 4.69) is 4.98 Å². The van der Waals surface area contributed by atoms with Crippen LogP contribution in [0.5, 0.6) is 5.88 Å². The zero-order valence-electron chi connectivity index (χ0n) is 12.0. The van der Waals surface area contributed by atoms with Gasteiger partial charge < -0.3 is 9.64 Å². The van der Waals surface area contributed by atoms with Gasteiger partial charge in [-0.2, -0.15) is 0 Å². The Hall–Kier alpha value is -2.43. The molecule has 0 fully saturated rings. The number of amides is 1. The van der Waals surface area contributed by atoms with E-state index in [-0.39, 0.29) is 11.7 Å². The van der Waals surface area contributed by atoms with Gasteiger partial charge in [-0.15, -0.1) is 0 Å². The molecule has 5 heteroatoms. The number of carbonyl (C=O) groups excluding carboxylic acids is 1. The summed E-state index contributed by atoms with van der Waals surface area (Å²) in [5, 5.41) is 0. The molecule has 4 nitrogen and oxygen atoms in total. The van der Waals surface area contributed by atoms with E-state index in [0.29, 0.717) is 24.5 Å². The molecule has 0 N–H and O–H groups in total. The number of carbonyl (C=O) groups is 1. The second-order valence-electron chi connectivity index (χ2n) is 4.54. The Labute approximate surface area is 123 Å². The van der Waals surface area contributed by atoms with E-state index in [1.807, 2.05) is 6.92 Å². The minimum atomic E-state index is -0.304. The van der Waals surface area contributed by atoms with Crippen LogP contribution < -0.4 is 4.74 Å². The summed E-state index contributed by atoms with van der Waals surface area (Å²) in [6, 6.07) is 9.56. The molecule has 1 amide bonds. The minimum Gasteiger partial charge on any atom is -0.481 e. The van der Waals surface area contributed by atoms with Crippen LogP contribution in [0.2, 0.25) is 0 Å². The zero-order valence-corrected chi connectivity index (χ0v) is 12.0. The van der Waals surface area contributed by atoms with Crippen LogP contribution in [-0.4, -0.2) is 29.4 Å². The van der Waals surface area contributed by atoms with Crippen LogP contribution in [0, 0.1) is 5.82 Å². The van der Waals surface area contributed by atoms with Crippen LogP contribution in [-0.2, 0) is 6.54 Å². The highest BCUT2D eigenvalue weighted by Crippen LogP contribution is 2.13. The third-order valence-corrected chi connectivity index (χ3v) is 3.12. The highest BCUT2D eigenvalue weighted by atomic mass is 19.1. The van der Waals surface area contributed by atoms with Crippen LogP contribution >= 0.6 is 0 Å². The Bertz CT molecular complexity index is 614. The number of halogens is 1. The van der Waals surface area contributed by atoms with Gasteiger partial charge in [0, 0.05) is 25.4 Å². The Morgan fingerprint density at radius 2 is 2.14 bits per heavy atom. The Morgan fingerprint density at radius 1 is 1.33 bits per heavy atom. The average molecular weight is 288 g/mol.